The zero-order valence-corrected chi connectivity index (χ0v) is 9.13. The number of rotatable bonds is 5. The molecular weight excluding hydrogens is 168 g/mol. The Morgan fingerprint density at radius 1 is 1.38 bits per heavy atom. The molecule has 0 fully saturated rings. The first-order valence-electron chi connectivity index (χ1n) is 4.67. The molecule has 3 heteroatoms. The van der Waals surface area contributed by atoms with Crippen LogP contribution >= 0.6 is 0 Å². The average molecular weight is 188 g/mol. The van der Waals surface area contributed by atoms with E-state index in [1.54, 1.807) is 13.8 Å². The summed E-state index contributed by atoms with van der Waals surface area (Å²) >= 11 is 0. The van der Waals surface area contributed by atoms with Crippen LogP contribution in [-0.2, 0) is 9.53 Å². The molecule has 0 aliphatic rings. The smallest absolute Gasteiger partial charge is 0.335 e. The van der Waals surface area contributed by atoms with E-state index in [2.05, 4.69) is 13.8 Å². The second kappa shape index (κ2) is 4.61. The van der Waals surface area contributed by atoms with Crippen LogP contribution in [0.2, 0.25) is 0 Å². The van der Waals surface area contributed by atoms with Crippen molar-refractivity contribution >= 4 is 5.97 Å². The number of hydrogen-bond donors (Lipinski definition) is 1. The minimum Gasteiger partial charge on any atom is -0.479 e. The van der Waals surface area contributed by atoms with Gasteiger partial charge in [0.1, 0.15) is 0 Å². The van der Waals surface area contributed by atoms with Crippen molar-refractivity contribution in [3.8, 4) is 0 Å². The van der Waals surface area contributed by atoms with Gasteiger partial charge in [-0.3, -0.25) is 0 Å². The van der Waals surface area contributed by atoms with Crippen molar-refractivity contribution in [1.29, 1.82) is 0 Å². The summed E-state index contributed by atoms with van der Waals surface area (Å²) in [5, 5.41) is 8.80. The molecular formula is C10H20O3. The normalized spacial score (nSPS) is 14.6. The first-order chi connectivity index (χ1) is 5.75. The predicted octanol–water partition coefficient (Wildman–Crippen LogP) is 2.30. The molecule has 1 unspecified atom stereocenters. The van der Waals surface area contributed by atoms with E-state index in [9.17, 15) is 4.79 Å². The van der Waals surface area contributed by atoms with Crippen LogP contribution in [0.3, 0.4) is 0 Å². The molecule has 0 radical (unpaired) electrons. The van der Waals surface area contributed by atoms with Gasteiger partial charge in [-0.25, -0.2) is 4.79 Å². The van der Waals surface area contributed by atoms with E-state index in [4.69, 9.17) is 9.84 Å². The van der Waals surface area contributed by atoms with Gasteiger partial charge >= 0.3 is 5.97 Å². The van der Waals surface area contributed by atoms with Crippen LogP contribution in [0.1, 0.15) is 41.0 Å². The Labute approximate surface area is 80.1 Å². The van der Waals surface area contributed by atoms with Gasteiger partial charge in [0.05, 0.1) is 6.10 Å². The third-order valence-electron chi connectivity index (χ3n) is 1.81. The Kier molecular flexibility index (Phi) is 4.40. The Hall–Kier alpha value is -0.570. The van der Waals surface area contributed by atoms with E-state index in [1.165, 1.54) is 0 Å². The van der Waals surface area contributed by atoms with Crippen LogP contribution < -0.4 is 0 Å². The average Bonchev–Trinajstić information content (AvgIpc) is 1.82. The number of carboxylic acid groups (broad SMARTS) is 1. The van der Waals surface area contributed by atoms with Crippen LogP contribution in [0.25, 0.3) is 0 Å². The minimum absolute atomic E-state index is 0.00824. The van der Waals surface area contributed by atoms with Gasteiger partial charge in [0.25, 0.3) is 0 Å². The number of ether oxygens (including phenoxy) is 1. The Morgan fingerprint density at radius 3 is 2.15 bits per heavy atom. The van der Waals surface area contributed by atoms with E-state index in [0.717, 1.165) is 6.42 Å². The third kappa shape index (κ3) is 4.88. The summed E-state index contributed by atoms with van der Waals surface area (Å²) in [5.41, 5.74) is -1.08. The second-order valence-corrected chi connectivity index (χ2v) is 4.37. The van der Waals surface area contributed by atoms with Crippen molar-refractivity contribution in [3.63, 3.8) is 0 Å². The van der Waals surface area contributed by atoms with Gasteiger partial charge in [0.15, 0.2) is 5.60 Å². The van der Waals surface area contributed by atoms with E-state index in [0.29, 0.717) is 5.92 Å². The van der Waals surface area contributed by atoms with Crippen molar-refractivity contribution in [1.82, 2.24) is 0 Å². The van der Waals surface area contributed by atoms with E-state index in [-0.39, 0.29) is 6.10 Å². The van der Waals surface area contributed by atoms with Crippen LogP contribution in [0.4, 0.5) is 0 Å². The fourth-order valence-corrected chi connectivity index (χ4v) is 1.27. The van der Waals surface area contributed by atoms with Gasteiger partial charge in [0, 0.05) is 0 Å². The molecule has 0 heterocycles. The molecule has 1 atom stereocenters. The maximum absolute atomic E-state index is 10.7. The first-order valence-corrected chi connectivity index (χ1v) is 4.67. The Bertz CT molecular complexity index is 173. The predicted molar refractivity (Wildman–Crippen MR) is 51.7 cm³/mol. The van der Waals surface area contributed by atoms with Gasteiger partial charge < -0.3 is 9.84 Å². The highest BCUT2D eigenvalue weighted by Crippen LogP contribution is 2.16. The van der Waals surface area contributed by atoms with Crippen LogP contribution in [0.15, 0.2) is 0 Å². The van der Waals surface area contributed by atoms with Gasteiger partial charge in [-0.1, -0.05) is 13.8 Å². The van der Waals surface area contributed by atoms with Crippen molar-refractivity contribution in [2.75, 3.05) is 0 Å². The summed E-state index contributed by atoms with van der Waals surface area (Å²) in [4.78, 5) is 10.7. The lowest BCUT2D eigenvalue weighted by Crippen LogP contribution is -2.38. The molecule has 0 aliphatic carbocycles. The lowest BCUT2D eigenvalue weighted by Gasteiger charge is -2.25. The molecule has 1 N–H and O–H groups in total. The topological polar surface area (TPSA) is 46.5 Å². The van der Waals surface area contributed by atoms with Gasteiger partial charge in [-0.05, 0) is 33.1 Å². The molecule has 0 aromatic rings. The monoisotopic (exact) mass is 188 g/mol. The van der Waals surface area contributed by atoms with Crippen LogP contribution in [0.5, 0.6) is 0 Å². The Morgan fingerprint density at radius 2 is 1.85 bits per heavy atom. The number of hydrogen-bond acceptors (Lipinski definition) is 2. The highest BCUT2D eigenvalue weighted by atomic mass is 16.5. The van der Waals surface area contributed by atoms with Crippen molar-refractivity contribution in [2.45, 2.75) is 52.7 Å². The summed E-state index contributed by atoms with van der Waals surface area (Å²) in [6, 6.07) is 0. The molecule has 0 saturated heterocycles. The summed E-state index contributed by atoms with van der Waals surface area (Å²) in [6.07, 6.45) is 0.877. The standard InChI is InChI=1S/C10H20O3/c1-7(2)6-8(3)13-10(4,5)9(11)12/h7-8H,6H2,1-5H3,(H,11,12). The van der Waals surface area contributed by atoms with Gasteiger partial charge in [-0.2, -0.15) is 0 Å². The van der Waals surface area contributed by atoms with Crippen molar-refractivity contribution < 1.29 is 14.6 Å². The van der Waals surface area contributed by atoms with Gasteiger partial charge in [0.2, 0.25) is 0 Å². The lowest BCUT2D eigenvalue weighted by atomic mass is 10.1. The molecule has 0 saturated carbocycles. The fourth-order valence-electron chi connectivity index (χ4n) is 1.27. The van der Waals surface area contributed by atoms with Crippen molar-refractivity contribution in [2.24, 2.45) is 5.92 Å². The number of aliphatic carboxylic acids is 1. The van der Waals surface area contributed by atoms with Crippen molar-refractivity contribution in [3.05, 3.63) is 0 Å². The lowest BCUT2D eigenvalue weighted by molar-refractivity contribution is -0.167. The quantitative estimate of drug-likeness (QED) is 0.720. The molecule has 0 spiro atoms. The SMILES string of the molecule is CC(C)CC(C)OC(C)(C)C(=O)O. The molecule has 78 valence electrons. The fraction of sp³-hybridized carbons (Fsp3) is 0.900. The van der Waals surface area contributed by atoms with E-state index in [1.807, 2.05) is 6.92 Å². The zero-order valence-electron chi connectivity index (χ0n) is 9.13. The third-order valence-corrected chi connectivity index (χ3v) is 1.81. The maximum atomic E-state index is 10.7. The molecule has 0 aliphatic heterocycles. The molecule has 0 aromatic carbocycles. The highest BCUT2D eigenvalue weighted by Gasteiger charge is 2.30. The van der Waals surface area contributed by atoms with Crippen LogP contribution in [-0.4, -0.2) is 22.8 Å². The summed E-state index contributed by atoms with van der Waals surface area (Å²) in [6.45, 7) is 9.24. The Balaban J connectivity index is 4.04. The zero-order chi connectivity index (χ0) is 10.6. The highest BCUT2D eigenvalue weighted by molar-refractivity contribution is 5.76. The number of carbonyl (C=O) groups is 1. The molecule has 0 bridgehead atoms. The minimum atomic E-state index is -1.08. The number of carboxylic acids is 1. The molecule has 13 heavy (non-hydrogen) atoms. The summed E-state index contributed by atoms with van der Waals surface area (Å²) < 4.78 is 5.41. The molecule has 3 nitrogen and oxygen atoms in total. The maximum Gasteiger partial charge on any atom is 0.335 e. The van der Waals surface area contributed by atoms with Gasteiger partial charge in [-0.15, -0.1) is 0 Å². The molecule has 0 aromatic heterocycles. The molecule has 0 rings (SSSR count). The van der Waals surface area contributed by atoms with E-state index >= 15 is 0 Å². The molecule has 0 amide bonds. The largest absolute Gasteiger partial charge is 0.479 e. The second-order valence-electron chi connectivity index (χ2n) is 4.37. The summed E-state index contributed by atoms with van der Waals surface area (Å²) in [7, 11) is 0. The summed E-state index contributed by atoms with van der Waals surface area (Å²) in [5.74, 6) is -0.386. The van der Waals surface area contributed by atoms with Crippen LogP contribution in [0, 0.1) is 5.92 Å². The van der Waals surface area contributed by atoms with E-state index < -0.39 is 11.6 Å². The first kappa shape index (κ1) is 12.4.